The van der Waals surface area contributed by atoms with Gasteiger partial charge < -0.3 is 5.11 Å². The molecule has 0 bridgehead atoms. The molecule has 0 aliphatic heterocycles. The smallest absolute Gasteiger partial charge is 0.155 e. The van der Waals surface area contributed by atoms with Crippen LogP contribution in [0.2, 0.25) is 0 Å². The monoisotopic (exact) mass is 305 g/mol. The number of hydrogen-bond acceptors (Lipinski definition) is 2. The number of aliphatic hydroxyl groups excluding tert-OH is 1. The van der Waals surface area contributed by atoms with Gasteiger partial charge in [-0.3, -0.25) is 4.79 Å². The van der Waals surface area contributed by atoms with E-state index in [1.165, 1.54) is 5.57 Å². The maximum Gasteiger partial charge on any atom is 0.155 e. The maximum atomic E-state index is 14.2. The quantitative estimate of drug-likeness (QED) is 0.741. The predicted molar refractivity (Wildman–Crippen MR) is 82.9 cm³/mol. The van der Waals surface area contributed by atoms with Crippen molar-refractivity contribution in [1.29, 1.82) is 0 Å². The van der Waals surface area contributed by atoms with Crippen LogP contribution >= 0.6 is 0 Å². The fourth-order valence-corrected chi connectivity index (χ4v) is 6.54. The number of halogens is 1. The van der Waals surface area contributed by atoms with E-state index in [0.29, 0.717) is 42.4 Å². The summed E-state index contributed by atoms with van der Waals surface area (Å²) in [5.74, 6) is 2.76. The minimum atomic E-state index is -1.05. The van der Waals surface area contributed by atoms with Crippen LogP contribution in [0.3, 0.4) is 0 Å². The molecule has 0 spiro atoms. The topological polar surface area (TPSA) is 37.3 Å². The number of hydrogen-bond donors (Lipinski definition) is 1. The fourth-order valence-electron chi connectivity index (χ4n) is 6.54. The molecule has 2 nitrogen and oxygen atoms in total. The van der Waals surface area contributed by atoms with Crippen LogP contribution in [-0.2, 0) is 4.79 Å². The summed E-state index contributed by atoms with van der Waals surface area (Å²) < 4.78 is 14.2. The molecule has 3 heteroatoms. The number of ketones is 1. The van der Waals surface area contributed by atoms with E-state index < -0.39 is 12.3 Å². The third-order valence-electron chi connectivity index (χ3n) is 7.58. The van der Waals surface area contributed by atoms with Crippen molar-refractivity contribution in [2.45, 2.75) is 64.6 Å². The van der Waals surface area contributed by atoms with Crippen molar-refractivity contribution in [2.75, 3.05) is 0 Å². The molecule has 4 aliphatic rings. The molecule has 0 heterocycles. The summed E-state index contributed by atoms with van der Waals surface area (Å²) in [6.07, 6.45) is 5.31. The van der Waals surface area contributed by atoms with Crippen LogP contribution in [0.15, 0.2) is 11.6 Å². The van der Waals surface area contributed by atoms with Gasteiger partial charge in [-0.1, -0.05) is 19.4 Å². The van der Waals surface area contributed by atoms with Crippen molar-refractivity contribution < 1.29 is 14.3 Å². The molecule has 122 valence electrons. The summed E-state index contributed by atoms with van der Waals surface area (Å²) in [5.41, 5.74) is 1.13. The van der Waals surface area contributed by atoms with Crippen molar-refractivity contribution in [2.24, 2.45) is 35.0 Å². The minimum Gasteiger partial charge on any atom is -0.390 e. The molecular weight excluding hydrogens is 278 g/mol. The van der Waals surface area contributed by atoms with E-state index in [1.54, 1.807) is 0 Å². The van der Waals surface area contributed by atoms with Crippen LogP contribution in [0.1, 0.15) is 52.4 Å². The van der Waals surface area contributed by atoms with Gasteiger partial charge in [-0.15, -0.1) is 0 Å². The third-order valence-corrected chi connectivity index (χ3v) is 7.58. The lowest BCUT2D eigenvalue weighted by molar-refractivity contribution is -0.116. The Kier molecular flexibility index (Phi) is 3.31. The van der Waals surface area contributed by atoms with Crippen molar-refractivity contribution in [3.8, 4) is 0 Å². The maximum absolute atomic E-state index is 14.2. The van der Waals surface area contributed by atoms with E-state index in [-0.39, 0.29) is 11.2 Å². The molecule has 0 radical (unpaired) electrons. The van der Waals surface area contributed by atoms with Gasteiger partial charge in [0.2, 0.25) is 0 Å². The van der Waals surface area contributed by atoms with E-state index in [1.807, 2.05) is 6.08 Å². The van der Waals surface area contributed by atoms with E-state index in [4.69, 9.17) is 0 Å². The molecule has 3 fully saturated rings. The highest BCUT2D eigenvalue weighted by Gasteiger charge is 2.60. The van der Waals surface area contributed by atoms with Gasteiger partial charge in [0.25, 0.3) is 0 Å². The largest absolute Gasteiger partial charge is 0.390 e. The van der Waals surface area contributed by atoms with Crippen molar-refractivity contribution in [1.82, 2.24) is 0 Å². The molecule has 3 saturated carbocycles. The molecular formula is C19H27FO2. The number of carbonyl (C=O) groups excluding carboxylic acids is 1. The highest BCUT2D eigenvalue weighted by atomic mass is 18.2. The Morgan fingerprint density at radius 1 is 1.36 bits per heavy atom. The average molecular weight is 305 g/mol. The Balaban J connectivity index is 1.69. The minimum absolute atomic E-state index is 0.236. The second-order valence-corrected chi connectivity index (χ2v) is 8.60. The van der Waals surface area contributed by atoms with Gasteiger partial charge in [0.05, 0.1) is 6.10 Å². The number of fused-ring (bicyclic) bond motifs is 5. The van der Waals surface area contributed by atoms with Gasteiger partial charge >= 0.3 is 0 Å². The lowest BCUT2D eigenvalue weighted by Crippen LogP contribution is -2.50. The fraction of sp³-hybridized carbons (Fsp3) is 0.842. The molecule has 0 aromatic carbocycles. The van der Waals surface area contributed by atoms with Crippen LogP contribution in [0, 0.1) is 35.0 Å². The zero-order valence-electron chi connectivity index (χ0n) is 13.6. The zero-order valence-corrected chi connectivity index (χ0v) is 13.6. The molecule has 22 heavy (non-hydrogen) atoms. The number of alkyl halides is 1. The van der Waals surface area contributed by atoms with Crippen LogP contribution in [0.25, 0.3) is 0 Å². The Bertz CT molecular complexity index is 528. The molecule has 4 rings (SSSR count). The summed E-state index contributed by atoms with van der Waals surface area (Å²) in [4.78, 5) is 11.7. The number of aliphatic hydroxyl groups is 1. The highest BCUT2D eigenvalue weighted by molar-refractivity contribution is 5.91. The molecule has 8 atom stereocenters. The van der Waals surface area contributed by atoms with E-state index in [2.05, 4.69) is 13.8 Å². The molecule has 0 aromatic rings. The van der Waals surface area contributed by atoms with Crippen molar-refractivity contribution >= 4 is 5.78 Å². The van der Waals surface area contributed by atoms with Gasteiger partial charge in [0, 0.05) is 6.42 Å². The summed E-state index contributed by atoms with van der Waals surface area (Å²) >= 11 is 0. The average Bonchev–Trinajstić information content (AvgIpc) is 2.70. The first-order valence-corrected chi connectivity index (χ1v) is 8.97. The van der Waals surface area contributed by atoms with E-state index >= 15 is 0 Å². The number of allylic oxidation sites excluding steroid dienone is 1. The lowest BCUT2D eigenvalue weighted by atomic mass is 9.49. The van der Waals surface area contributed by atoms with Gasteiger partial charge in [0.15, 0.2) is 5.78 Å². The first kappa shape index (κ1) is 14.9. The summed E-state index contributed by atoms with van der Waals surface area (Å²) in [6.45, 7) is 4.39. The van der Waals surface area contributed by atoms with Gasteiger partial charge in [-0.2, -0.15) is 0 Å². The zero-order chi connectivity index (χ0) is 15.6. The molecule has 0 aromatic heterocycles. The van der Waals surface area contributed by atoms with Crippen LogP contribution < -0.4 is 0 Å². The predicted octanol–water partition coefficient (Wildman–Crippen LogP) is 3.68. The van der Waals surface area contributed by atoms with Gasteiger partial charge in [0.1, 0.15) is 6.17 Å². The second kappa shape index (κ2) is 4.90. The Morgan fingerprint density at radius 3 is 2.91 bits per heavy atom. The molecule has 0 amide bonds. The number of carbonyl (C=O) groups is 1. The van der Waals surface area contributed by atoms with Crippen molar-refractivity contribution in [3.63, 3.8) is 0 Å². The molecule has 4 aliphatic carbocycles. The summed E-state index contributed by atoms with van der Waals surface area (Å²) in [7, 11) is 0. The second-order valence-electron chi connectivity index (χ2n) is 8.60. The molecule has 1 N–H and O–H groups in total. The third kappa shape index (κ3) is 1.90. The summed E-state index contributed by atoms with van der Waals surface area (Å²) in [6, 6.07) is 0. The first-order chi connectivity index (χ1) is 10.4. The van der Waals surface area contributed by atoms with E-state index in [9.17, 15) is 14.3 Å². The highest BCUT2D eigenvalue weighted by Crippen LogP contribution is 2.63. The standard InChI is InChI=1S/C19H27FO2/c1-10-7-11-8-12(21)3-4-13(11)14-5-6-19(2)15(17(10)14)9-16(20)18(19)22/h8,10,13-18,22H,3-7,9H2,1-2H3/t10?,13-,14?,15?,16-,17?,18-,19-/m0/s1/i20-1. The number of rotatable bonds is 0. The van der Waals surface area contributed by atoms with Gasteiger partial charge in [-0.05, 0) is 73.2 Å². The van der Waals surface area contributed by atoms with Crippen molar-refractivity contribution in [3.05, 3.63) is 11.6 Å². The molecule has 0 saturated heterocycles. The lowest BCUT2D eigenvalue weighted by Gasteiger charge is -2.55. The van der Waals surface area contributed by atoms with E-state index in [0.717, 1.165) is 25.7 Å². The van der Waals surface area contributed by atoms with Gasteiger partial charge in [-0.25, -0.2) is 4.39 Å². The normalized spacial score (nSPS) is 54.3. The van der Waals surface area contributed by atoms with Crippen LogP contribution in [0.4, 0.5) is 4.39 Å². The SMILES string of the molecule is CC1CC2=CC(=O)CC[C@@H]2C2CC[C@@]3(C)C(C[C@H]([18F])[C@@H]3O)C12. The summed E-state index contributed by atoms with van der Waals surface area (Å²) in [5, 5.41) is 10.4. The van der Waals surface area contributed by atoms with Crippen LogP contribution in [-0.4, -0.2) is 23.2 Å². The van der Waals surface area contributed by atoms with Crippen LogP contribution in [0.5, 0.6) is 0 Å². The first-order valence-electron chi connectivity index (χ1n) is 8.97. The Morgan fingerprint density at radius 2 is 2.14 bits per heavy atom. The Hall–Kier alpha value is -0.700. The Labute approximate surface area is 132 Å². The molecule has 4 unspecified atom stereocenters.